The van der Waals surface area contributed by atoms with Crippen LogP contribution in [0.2, 0.25) is 5.02 Å². The third kappa shape index (κ3) is 4.49. The van der Waals surface area contributed by atoms with Crippen LogP contribution in [0.1, 0.15) is 10.4 Å². The van der Waals surface area contributed by atoms with Gasteiger partial charge in [0.15, 0.2) is 0 Å². The molecule has 26 heavy (non-hydrogen) atoms. The van der Waals surface area contributed by atoms with Gasteiger partial charge in [-0.15, -0.1) is 0 Å². The van der Waals surface area contributed by atoms with Gasteiger partial charge in [-0.1, -0.05) is 17.7 Å². The second-order valence-electron chi connectivity index (χ2n) is 5.83. The summed E-state index contributed by atoms with van der Waals surface area (Å²) in [4.78, 5) is 22.6. The van der Waals surface area contributed by atoms with E-state index in [4.69, 9.17) is 11.6 Å². The van der Waals surface area contributed by atoms with Crippen LogP contribution in [0.15, 0.2) is 60.9 Å². The zero-order valence-corrected chi connectivity index (χ0v) is 15.2. The Morgan fingerprint density at radius 1 is 1.00 bits per heavy atom. The van der Waals surface area contributed by atoms with E-state index in [9.17, 15) is 4.79 Å². The summed E-state index contributed by atoms with van der Waals surface area (Å²) in [5, 5.41) is 6.48. The van der Waals surface area contributed by atoms with Crippen LogP contribution in [0.5, 0.6) is 0 Å². The Morgan fingerprint density at radius 2 is 1.69 bits per heavy atom. The molecule has 2 N–H and O–H groups in total. The average Bonchev–Trinajstić information content (AvgIpc) is 2.63. The van der Waals surface area contributed by atoms with Gasteiger partial charge in [-0.2, -0.15) is 0 Å². The van der Waals surface area contributed by atoms with E-state index in [-0.39, 0.29) is 5.91 Å². The molecule has 0 aliphatic rings. The molecule has 132 valence electrons. The zero-order chi connectivity index (χ0) is 18.5. The summed E-state index contributed by atoms with van der Waals surface area (Å²) in [7, 11) is 3.92. The zero-order valence-electron chi connectivity index (χ0n) is 14.4. The molecule has 1 amide bonds. The largest absolute Gasteiger partial charge is 0.378 e. The van der Waals surface area contributed by atoms with Crippen LogP contribution in [-0.2, 0) is 0 Å². The molecule has 7 heteroatoms. The number of anilines is 4. The van der Waals surface area contributed by atoms with Gasteiger partial charge in [0, 0.05) is 48.6 Å². The standard InChI is InChI=1S/C19H18ClN5O/c1-25(2)17-8-6-15(7-9-17)23-18(26)13-11-21-19(22-12-13)24-16-5-3-4-14(20)10-16/h3-12H,1-2H3,(H,23,26)(H,21,22,24). The maximum Gasteiger partial charge on any atom is 0.258 e. The highest BCUT2D eigenvalue weighted by molar-refractivity contribution is 6.30. The third-order valence-corrected chi connectivity index (χ3v) is 3.87. The second kappa shape index (κ2) is 7.84. The molecule has 0 unspecified atom stereocenters. The predicted molar refractivity (Wildman–Crippen MR) is 105 cm³/mol. The smallest absolute Gasteiger partial charge is 0.258 e. The van der Waals surface area contributed by atoms with E-state index < -0.39 is 0 Å². The van der Waals surface area contributed by atoms with Crippen molar-refractivity contribution in [1.82, 2.24) is 9.97 Å². The first-order valence-electron chi connectivity index (χ1n) is 7.94. The lowest BCUT2D eigenvalue weighted by Gasteiger charge is -2.13. The highest BCUT2D eigenvalue weighted by Crippen LogP contribution is 2.18. The Balaban J connectivity index is 1.65. The maximum atomic E-state index is 12.3. The fourth-order valence-corrected chi connectivity index (χ4v) is 2.44. The van der Waals surface area contributed by atoms with Gasteiger partial charge in [0.05, 0.1) is 5.56 Å². The van der Waals surface area contributed by atoms with Gasteiger partial charge in [0.1, 0.15) is 0 Å². The van der Waals surface area contributed by atoms with Crippen LogP contribution in [0.25, 0.3) is 0 Å². The molecule has 1 aromatic heterocycles. The van der Waals surface area contributed by atoms with Gasteiger partial charge < -0.3 is 15.5 Å². The van der Waals surface area contributed by atoms with Crippen LogP contribution in [0.3, 0.4) is 0 Å². The fraction of sp³-hybridized carbons (Fsp3) is 0.105. The lowest BCUT2D eigenvalue weighted by molar-refractivity contribution is 0.102. The maximum absolute atomic E-state index is 12.3. The third-order valence-electron chi connectivity index (χ3n) is 3.64. The van der Waals surface area contributed by atoms with Crippen LogP contribution < -0.4 is 15.5 Å². The van der Waals surface area contributed by atoms with Gasteiger partial charge >= 0.3 is 0 Å². The van der Waals surface area contributed by atoms with Gasteiger partial charge in [-0.3, -0.25) is 4.79 Å². The highest BCUT2D eigenvalue weighted by Gasteiger charge is 2.08. The minimum absolute atomic E-state index is 0.267. The summed E-state index contributed by atoms with van der Waals surface area (Å²) in [5.41, 5.74) is 2.92. The Labute approximate surface area is 156 Å². The Kier molecular flexibility index (Phi) is 5.34. The summed E-state index contributed by atoms with van der Waals surface area (Å²) in [6.07, 6.45) is 2.95. The number of carbonyl (C=O) groups excluding carboxylic acids is 1. The van der Waals surface area contributed by atoms with Crippen molar-refractivity contribution in [2.75, 3.05) is 29.6 Å². The van der Waals surface area contributed by atoms with Crippen molar-refractivity contribution in [1.29, 1.82) is 0 Å². The van der Waals surface area contributed by atoms with Crippen molar-refractivity contribution < 1.29 is 4.79 Å². The highest BCUT2D eigenvalue weighted by atomic mass is 35.5. The number of carbonyl (C=O) groups is 1. The lowest BCUT2D eigenvalue weighted by Crippen LogP contribution is -2.13. The van der Waals surface area contributed by atoms with Crippen LogP contribution in [0.4, 0.5) is 23.0 Å². The van der Waals surface area contributed by atoms with E-state index in [1.807, 2.05) is 55.4 Å². The molecule has 1 heterocycles. The molecule has 0 saturated carbocycles. The number of hydrogen-bond donors (Lipinski definition) is 2. The van der Waals surface area contributed by atoms with E-state index in [1.54, 1.807) is 12.1 Å². The molecule has 0 spiro atoms. The quantitative estimate of drug-likeness (QED) is 0.707. The molecule has 0 bridgehead atoms. The van der Waals surface area contributed by atoms with Crippen molar-refractivity contribution in [3.8, 4) is 0 Å². The molecule has 0 aliphatic heterocycles. The van der Waals surface area contributed by atoms with E-state index in [1.165, 1.54) is 12.4 Å². The number of nitrogens with one attached hydrogen (secondary N) is 2. The summed E-state index contributed by atoms with van der Waals surface area (Å²) in [6, 6.07) is 14.8. The lowest BCUT2D eigenvalue weighted by atomic mass is 10.2. The van der Waals surface area contributed by atoms with E-state index in [0.717, 1.165) is 11.4 Å². The predicted octanol–water partition coefficient (Wildman–Crippen LogP) is 4.19. The number of nitrogens with zero attached hydrogens (tertiary/aromatic N) is 3. The molecule has 6 nitrogen and oxygen atoms in total. The molecule has 0 saturated heterocycles. The number of aromatic nitrogens is 2. The number of rotatable bonds is 5. The first-order chi connectivity index (χ1) is 12.5. The Hall–Kier alpha value is -3.12. The van der Waals surface area contributed by atoms with Gasteiger partial charge in [-0.25, -0.2) is 9.97 Å². The van der Waals surface area contributed by atoms with Crippen LogP contribution in [-0.4, -0.2) is 30.0 Å². The van der Waals surface area contributed by atoms with Crippen molar-refractivity contribution in [2.45, 2.75) is 0 Å². The summed E-state index contributed by atoms with van der Waals surface area (Å²) in [5.74, 6) is 0.121. The topological polar surface area (TPSA) is 70.2 Å². The first kappa shape index (κ1) is 17.7. The molecule has 3 rings (SSSR count). The minimum Gasteiger partial charge on any atom is -0.378 e. The first-order valence-corrected chi connectivity index (χ1v) is 8.32. The Bertz CT molecular complexity index is 895. The van der Waals surface area contributed by atoms with Crippen LogP contribution >= 0.6 is 11.6 Å². The molecular weight excluding hydrogens is 350 g/mol. The fourth-order valence-electron chi connectivity index (χ4n) is 2.25. The molecular formula is C19H18ClN5O. The Morgan fingerprint density at radius 3 is 2.31 bits per heavy atom. The number of hydrogen-bond acceptors (Lipinski definition) is 5. The van der Waals surface area contributed by atoms with Crippen molar-refractivity contribution in [3.05, 3.63) is 71.5 Å². The second-order valence-corrected chi connectivity index (χ2v) is 6.26. The van der Waals surface area contributed by atoms with E-state index in [0.29, 0.717) is 22.2 Å². The monoisotopic (exact) mass is 367 g/mol. The molecule has 0 fully saturated rings. The molecule has 2 aromatic carbocycles. The number of benzene rings is 2. The van der Waals surface area contributed by atoms with Gasteiger partial charge in [0.2, 0.25) is 5.95 Å². The van der Waals surface area contributed by atoms with Gasteiger partial charge in [-0.05, 0) is 42.5 Å². The molecule has 0 aliphatic carbocycles. The normalized spacial score (nSPS) is 10.3. The van der Waals surface area contributed by atoms with Crippen molar-refractivity contribution in [2.24, 2.45) is 0 Å². The van der Waals surface area contributed by atoms with Gasteiger partial charge in [0.25, 0.3) is 5.91 Å². The van der Waals surface area contributed by atoms with Crippen molar-refractivity contribution in [3.63, 3.8) is 0 Å². The number of halogens is 1. The molecule has 0 atom stereocenters. The minimum atomic E-state index is -0.267. The van der Waals surface area contributed by atoms with E-state index in [2.05, 4.69) is 20.6 Å². The summed E-state index contributed by atoms with van der Waals surface area (Å²) < 4.78 is 0. The summed E-state index contributed by atoms with van der Waals surface area (Å²) >= 11 is 5.95. The number of amides is 1. The summed E-state index contributed by atoms with van der Waals surface area (Å²) in [6.45, 7) is 0. The van der Waals surface area contributed by atoms with E-state index >= 15 is 0 Å². The molecule has 0 radical (unpaired) electrons. The van der Waals surface area contributed by atoms with Crippen molar-refractivity contribution >= 4 is 40.5 Å². The van der Waals surface area contributed by atoms with Crippen LogP contribution in [0, 0.1) is 0 Å². The SMILES string of the molecule is CN(C)c1ccc(NC(=O)c2cnc(Nc3cccc(Cl)c3)nc2)cc1. The average molecular weight is 368 g/mol. The molecule has 3 aromatic rings.